The monoisotopic (exact) mass is 430 g/mol. The van der Waals surface area contributed by atoms with Crippen molar-refractivity contribution in [2.24, 2.45) is 34.5 Å². The molecule has 0 unspecified atom stereocenters. The van der Waals surface area contributed by atoms with Gasteiger partial charge >= 0.3 is 5.97 Å². The van der Waals surface area contributed by atoms with Crippen LogP contribution in [0.1, 0.15) is 48.0 Å². The molecule has 4 rings (SSSR count). The van der Waals surface area contributed by atoms with Crippen molar-refractivity contribution in [2.75, 3.05) is 6.61 Å². The fourth-order valence-electron chi connectivity index (χ4n) is 6.91. The van der Waals surface area contributed by atoms with Crippen LogP contribution in [0.5, 0.6) is 0 Å². The molecule has 8 atom stereocenters. The van der Waals surface area contributed by atoms with Gasteiger partial charge in [-0.1, -0.05) is 39.0 Å². The zero-order valence-electron chi connectivity index (χ0n) is 19.2. The lowest BCUT2D eigenvalue weighted by Gasteiger charge is -2.48. The Kier molecular flexibility index (Phi) is 4.97. The van der Waals surface area contributed by atoms with Gasteiger partial charge in [-0.2, -0.15) is 0 Å². The Morgan fingerprint density at radius 3 is 2.58 bits per heavy atom. The van der Waals surface area contributed by atoms with Gasteiger partial charge in [0.05, 0.1) is 12.0 Å². The summed E-state index contributed by atoms with van der Waals surface area (Å²) in [5.41, 5.74) is -2.36. The molecular weight excluding hydrogens is 396 g/mol. The standard InChI is InChI=1S/C25H34O6/c1-7-12(2)22(29)31-21-13(3)10-24-14(4)8-17-18(23(17,5)6)16(20(24)28)9-15(11-26)19(27)25(21,24)30/h7,9-10,14,16-19,21,26-27,30H,8,11H2,1-6H3/b12-7+/t14-,16+,17-,18+,19-,21+,24+,25+/m1/s1. The maximum absolute atomic E-state index is 14.2. The minimum absolute atomic E-state index is 0.0209. The SMILES string of the molecule is C/C=C(\C)C(=O)O[C@H]1C(C)=C[C@]23C(=O)[C@@H](C=C(CO)[C@@H](O)[C@]12O)[C@H]1[C@@H](C[C@H]3C)C1(C)C. The van der Waals surface area contributed by atoms with E-state index >= 15 is 0 Å². The van der Waals surface area contributed by atoms with Gasteiger partial charge in [0.2, 0.25) is 0 Å². The molecule has 0 radical (unpaired) electrons. The van der Waals surface area contributed by atoms with Crippen LogP contribution in [0.3, 0.4) is 0 Å². The number of esters is 1. The van der Waals surface area contributed by atoms with Gasteiger partial charge in [0.25, 0.3) is 0 Å². The highest BCUT2D eigenvalue weighted by atomic mass is 16.6. The molecule has 0 aliphatic heterocycles. The molecule has 6 nitrogen and oxygen atoms in total. The molecular formula is C25H34O6. The second-order valence-electron chi connectivity index (χ2n) is 10.6. The minimum Gasteiger partial charge on any atom is -0.451 e. The van der Waals surface area contributed by atoms with Gasteiger partial charge in [-0.15, -0.1) is 0 Å². The van der Waals surface area contributed by atoms with Crippen molar-refractivity contribution in [1.82, 2.24) is 0 Å². The van der Waals surface area contributed by atoms with Crippen LogP contribution < -0.4 is 0 Å². The summed E-state index contributed by atoms with van der Waals surface area (Å²) < 4.78 is 5.72. The van der Waals surface area contributed by atoms with E-state index in [0.717, 1.165) is 6.42 Å². The summed E-state index contributed by atoms with van der Waals surface area (Å²) in [6, 6.07) is 0. The van der Waals surface area contributed by atoms with Crippen LogP contribution in [0.15, 0.2) is 34.9 Å². The Labute approximate surface area is 183 Å². The van der Waals surface area contributed by atoms with Gasteiger partial charge in [0.1, 0.15) is 6.10 Å². The average Bonchev–Trinajstić information content (AvgIpc) is 3.21. The second-order valence-corrected chi connectivity index (χ2v) is 10.6. The molecule has 2 fully saturated rings. The van der Waals surface area contributed by atoms with Crippen LogP contribution in [0.4, 0.5) is 0 Å². The van der Waals surface area contributed by atoms with Gasteiger partial charge in [-0.25, -0.2) is 4.79 Å². The molecule has 3 N–H and O–H groups in total. The van der Waals surface area contributed by atoms with Crippen molar-refractivity contribution in [3.63, 3.8) is 0 Å². The molecule has 0 aromatic rings. The van der Waals surface area contributed by atoms with E-state index in [-0.39, 0.29) is 28.6 Å². The minimum atomic E-state index is -2.08. The summed E-state index contributed by atoms with van der Waals surface area (Å²) in [5.74, 6) is -1.13. The maximum Gasteiger partial charge on any atom is 0.334 e. The van der Waals surface area contributed by atoms with Crippen molar-refractivity contribution >= 4 is 11.8 Å². The number of rotatable bonds is 3. The smallest absolute Gasteiger partial charge is 0.334 e. The quantitative estimate of drug-likeness (QED) is 0.361. The third kappa shape index (κ3) is 2.61. The molecule has 4 aliphatic carbocycles. The first-order chi connectivity index (χ1) is 14.4. The Hall–Kier alpha value is -1.76. The van der Waals surface area contributed by atoms with E-state index in [2.05, 4.69) is 13.8 Å². The highest BCUT2D eigenvalue weighted by molar-refractivity contribution is 5.96. The van der Waals surface area contributed by atoms with Crippen LogP contribution in [-0.4, -0.2) is 51.5 Å². The molecule has 31 heavy (non-hydrogen) atoms. The number of allylic oxidation sites excluding steroid dienone is 2. The average molecular weight is 431 g/mol. The van der Waals surface area contributed by atoms with Gasteiger partial charge in [0.15, 0.2) is 17.5 Å². The number of hydrogen-bond donors (Lipinski definition) is 3. The molecule has 2 bridgehead atoms. The molecule has 0 amide bonds. The summed E-state index contributed by atoms with van der Waals surface area (Å²) in [6.45, 7) is 10.8. The van der Waals surface area contributed by atoms with Gasteiger partial charge in [-0.05, 0) is 61.5 Å². The number of aliphatic hydroxyl groups excluding tert-OH is 2. The van der Waals surface area contributed by atoms with Crippen molar-refractivity contribution in [3.05, 3.63) is 34.9 Å². The van der Waals surface area contributed by atoms with Crippen molar-refractivity contribution in [1.29, 1.82) is 0 Å². The lowest BCUT2D eigenvalue weighted by Crippen LogP contribution is -2.65. The summed E-state index contributed by atoms with van der Waals surface area (Å²) in [4.78, 5) is 26.8. The first-order valence-electron chi connectivity index (χ1n) is 11.2. The Morgan fingerprint density at radius 1 is 1.35 bits per heavy atom. The number of aliphatic hydroxyl groups is 3. The van der Waals surface area contributed by atoms with E-state index in [1.165, 1.54) is 0 Å². The second kappa shape index (κ2) is 6.87. The molecule has 0 aromatic carbocycles. The predicted octanol–water partition coefficient (Wildman–Crippen LogP) is 2.33. The number of ether oxygens (including phenoxy) is 1. The van der Waals surface area contributed by atoms with Crippen LogP contribution in [0.25, 0.3) is 0 Å². The van der Waals surface area contributed by atoms with E-state index in [0.29, 0.717) is 17.1 Å². The molecule has 0 heterocycles. The third-order valence-electron chi connectivity index (χ3n) is 8.88. The Morgan fingerprint density at radius 2 is 2.00 bits per heavy atom. The molecule has 0 aromatic heterocycles. The topological polar surface area (TPSA) is 104 Å². The highest BCUT2D eigenvalue weighted by Gasteiger charge is 2.76. The number of hydrogen-bond acceptors (Lipinski definition) is 6. The van der Waals surface area contributed by atoms with Gasteiger partial charge in [0, 0.05) is 11.5 Å². The largest absolute Gasteiger partial charge is 0.451 e. The number of carbonyl (C=O) groups is 2. The molecule has 170 valence electrons. The molecule has 4 aliphatic rings. The Balaban J connectivity index is 1.91. The molecule has 2 saturated carbocycles. The van der Waals surface area contributed by atoms with E-state index in [1.54, 1.807) is 39.0 Å². The fraction of sp³-hybridized carbons (Fsp3) is 0.680. The Bertz CT molecular complexity index is 926. The van der Waals surface area contributed by atoms with Gasteiger partial charge < -0.3 is 20.1 Å². The van der Waals surface area contributed by atoms with Crippen molar-refractivity contribution in [2.45, 2.75) is 65.8 Å². The molecule has 6 heteroatoms. The lowest BCUT2D eigenvalue weighted by atomic mass is 9.59. The summed E-state index contributed by atoms with van der Waals surface area (Å²) in [6.07, 6.45) is 3.04. The van der Waals surface area contributed by atoms with E-state index in [4.69, 9.17) is 4.74 Å². The normalized spacial score (nSPS) is 45.6. The fourth-order valence-corrected chi connectivity index (χ4v) is 6.91. The molecule has 0 saturated heterocycles. The number of Topliss-reactive ketones (excluding diaryl/α,β-unsaturated/α-hetero) is 1. The van der Waals surface area contributed by atoms with Crippen molar-refractivity contribution < 1.29 is 29.6 Å². The first-order valence-corrected chi connectivity index (χ1v) is 11.2. The van der Waals surface area contributed by atoms with E-state index in [9.17, 15) is 24.9 Å². The maximum atomic E-state index is 14.2. The van der Waals surface area contributed by atoms with Crippen LogP contribution in [0, 0.1) is 34.5 Å². The first kappa shape index (κ1) is 22.4. The number of carbonyl (C=O) groups excluding carboxylic acids is 2. The third-order valence-corrected chi connectivity index (χ3v) is 8.88. The zero-order valence-corrected chi connectivity index (χ0v) is 19.2. The van der Waals surface area contributed by atoms with Gasteiger partial charge in [-0.3, -0.25) is 4.79 Å². The van der Waals surface area contributed by atoms with Crippen LogP contribution >= 0.6 is 0 Å². The number of ketones is 1. The van der Waals surface area contributed by atoms with E-state index in [1.807, 2.05) is 6.92 Å². The lowest BCUT2D eigenvalue weighted by molar-refractivity contribution is -0.201. The van der Waals surface area contributed by atoms with E-state index < -0.39 is 41.7 Å². The zero-order chi connectivity index (χ0) is 23.1. The summed E-state index contributed by atoms with van der Waals surface area (Å²) in [7, 11) is 0. The van der Waals surface area contributed by atoms with Crippen LogP contribution in [-0.2, 0) is 14.3 Å². The summed E-state index contributed by atoms with van der Waals surface area (Å²) >= 11 is 0. The predicted molar refractivity (Wildman–Crippen MR) is 115 cm³/mol. The summed E-state index contributed by atoms with van der Waals surface area (Å²) in [5, 5.41) is 33.7. The van der Waals surface area contributed by atoms with Crippen LogP contribution in [0.2, 0.25) is 0 Å². The number of fused-ring (bicyclic) bond motifs is 3. The molecule has 1 spiro atoms. The highest BCUT2D eigenvalue weighted by Crippen LogP contribution is 2.71. The van der Waals surface area contributed by atoms with Crippen molar-refractivity contribution in [3.8, 4) is 0 Å².